The highest BCUT2D eigenvalue weighted by Crippen LogP contribution is 2.25. The fraction of sp³-hybridized carbons (Fsp3) is 0.632. The van der Waals surface area contributed by atoms with E-state index in [2.05, 4.69) is 25.3 Å². The number of ether oxygens (including phenoxy) is 2. The first-order valence-corrected chi connectivity index (χ1v) is 10.0. The number of unbranched alkanes of at least 4 members (excludes halogenated alkanes) is 1. The Hall–Kier alpha value is -1.64. The van der Waals surface area contributed by atoms with Crippen molar-refractivity contribution in [3.05, 3.63) is 28.8 Å². The highest BCUT2D eigenvalue weighted by molar-refractivity contribution is 6.30. The lowest BCUT2D eigenvalue weighted by Gasteiger charge is -2.26. The van der Waals surface area contributed by atoms with E-state index >= 15 is 0 Å². The van der Waals surface area contributed by atoms with Gasteiger partial charge in [-0.1, -0.05) is 11.6 Å². The van der Waals surface area contributed by atoms with Crippen LogP contribution < -0.4 is 15.4 Å². The summed E-state index contributed by atoms with van der Waals surface area (Å²) in [6, 6.07) is 4.55. The van der Waals surface area contributed by atoms with E-state index in [0.717, 1.165) is 52.2 Å². The monoisotopic (exact) mass is 418 g/mol. The summed E-state index contributed by atoms with van der Waals surface area (Å²) in [5, 5.41) is 6.89. The zero-order valence-electron chi connectivity index (χ0n) is 16.2. The molecule has 2 N–H and O–H groups in total. The Bertz CT molecular complexity index is 614. The van der Waals surface area contributed by atoms with Crippen LogP contribution in [-0.4, -0.2) is 63.4 Å². The lowest BCUT2D eigenvalue weighted by atomic mass is 10.2. The Morgan fingerprint density at radius 2 is 2.07 bits per heavy atom. The van der Waals surface area contributed by atoms with Gasteiger partial charge < -0.3 is 20.1 Å². The molecule has 1 saturated heterocycles. The Labute approximate surface area is 170 Å². The van der Waals surface area contributed by atoms with Crippen LogP contribution in [0.5, 0.6) is 5.75 Å². The summed E-state index contributed by atoms with van der Waals surface area (Å²) >= 11 is 5.98. The fourth-order valence-corrected chi connectivity index (χ4v) is 3.08. The number of nitrogens with one attached hydrogen (secondary N) is 2. The molecule has 0 aliphatic carbocycles. The van der Waals surface area contributed by atoms with E-state index in [-0.39, 0.29) is 12.3 Å². The van der Waals surface area contributed by atoms with Crippen molar-refractivity contribution in [3.63, 3.8) is 0 Å². The second-order valence-corrected chi connectivity index (χ2v) is 6.85. The van der Waals surface area contributed by atoms with E-state index in [4.69, 9.17) is 16.3 Å². The lowest BCUT2D eigenvalue weighted by molar-refractivity contribution is -0.0504. The van der Waals surface area contributed by atoms with Gasteiger partial charge in [-0.25, -0.2) is 4.99 Å². The van der Waals surface area contributed by atoms with Crippen LogP contribution in [0.2, 0.25) is 5.02 Å². The van der Waals surface area contributed by atoms with Crippen LogP contribution in [0.4, 0.5) is 8.78 Å². The molecule has 0 amide bonds. The molecule has 0 bridgehead atoms. The number of halogens is 3. The van der Waals surface area contributed by atoms with Crippen molar-refractivity contribution in [3.8, 4) is 5.75 Å². The van der Waals surface area contributed by atoms with E-state index in [1.807, 2.05) is 6.92 Å². The van der Waals surface area contributed by atoms with Gasteiger partial charge in [-0.05, 0) is 44.5 Å². The number of rotatable bonds is 10. The van der Waals surface area contributed by atoms with Gasteiger partial charge in [-0.2, -0.15) is 8.78 Å². The van der Waals surface area contributed by atoms with Gasteiger partial charge in [0, 0.05) is 36.8 Å². The summed E-state index contributed by atoms with van der Waals surface area (Å²) in [6.07, 6.45) is 2.10. The predicted octanol–water partition coefficient (Wildman–Crippen LogP) is 3.11. The second-order valence-electron chi connectivity index (χ2n) is 6.41. The molecule has 0 saturated carbocycles. The molecule has 0 atom stereocenters. The van der Waals surface area contributed by atoms with Crippen molar-refractivity contribution in [2.45, 2.75) is 32.9 Å². The number of alkyl halides is 2. The van der Waals surface area contributed by atoms with Gasteiger partial charge in [0.1, 0.15) is 5.75 Å². The first-order valence-electron chi connectivity index (χ1n) is 9.64. The third kappa shape index (κ3) is 8.58. The third-order valence-corrected chi connectivity index (χ3v) is 4.52. The number of hydrogen-bond acceptors (Lipinski definition) is 4. The molecule has 1 aliphatic heterocycles. The van der Waals surface area contributed by atoms with E-state index < -0.39 is 6.61 Å². The highest BCUT2D eigenvalue weighted by atomic mass is 35.5. The van der Waals surface area contributed by atoms with Crippen molar-refractivity contribution in [1.82, 2.24) is 15.5 Å². The minimum atomic E-state index is -2.89. The van der Waals surface area contributed by atoms with Crippen LogP contribution in [0.3, 0.4) is 0 Å². The molecule has 1 aromatic carbocycles. The number of morpholine rings is 1. The van der Waals surface area contributed by atoms with E-state index in [0.29, 0.717) is 23.1 Å². The highest BCUT2D eigenvalue weighted by Gasteiger charge is 2.11. The fourth-order valence-electron chi connectivity index (χ4n) is 2.88. The maximum atomic E-state index is 12.6. The topological polar surface area (TPSA) is 58.1 Å². The van der Waals surface area contributed by atoms with Crippen molar-refractivity contribution in [2.75, 3.05) is 45.9 Å². The molecule has 28 heavy (non-hydrogen) atoms. The zero-order valence-corrected chi connectivity index (χ0v) is 17.0. The number of nitrogens with zero attached hydrogens (tertiary/aromatic N) is 2. The van der Waals surface area contributed by atoms with Gasteiger partial charge in [0.05, 0.1) is 19.8 Å². The number of aliphatic imine (C=N–C) groups is 1. The van der Waals surface area contributed by atoms with Crippen LogP contribution >= 0.6 is 11.6 Å². The summed E-state index contributed by atoms with van der Waals surface area (Å²) in [4.78, 5) is 6.87. The van der Waals surface area contributed by atoms with E-state index in [9.17, 15) is 8.78 Å². The molecule has 0 radical (unpaired) electrons. The number of hydrogen-bond donors (Lipinski definition) is 2. The molecular formula is C19H29ClF2N4O2. The average Bonchev–Trinajstić information content (AvgIpc) is 2.68. The normalized spacial score (nSPS) is 15.7. The van der Waals surface area contributed by atoms with Crippen molar-refractivity contribution >= 4 is 17.6 Å². The Morgan fingerprint density at radius 1 is 1.29 bits per heavy atom. The lowest BCUT2D eigenvalue weighted by Crippen LogP contribution is -2.39. The Balaban J connectivity index is 1.82. The molecule has 1 heterocycles. The van der Waals surface area contributed by atoms with Crippen LogP contribution in [0, 0.1) is 0 Å². The molecule has 1 aromatic rings. The average molecular weight is 419 g/mol. The Kier molecular flexibility index (Phi) is 10.3. The molecule has 1 fully saturated rings. The van der Waals surface area contributed by atoms with Gasteiger partial charge >= 0.3 is 6.61 Å². The zero-order chi connectivity index (χ0) is 20.2. The smallest absolute Gasteiger partial charge is 0.387 e. The van der Waals surface area contributed by atoms with Crippen molar-refractivity contribution < 1.29 is 18.3 Å². The molecule has 0 aromatic heterocycles. The van der Waals surface area contributed by atoms with Gasteiger partial charge in [-0.15, -0.1) is 0 Å². The summed E-state index contributed by atoms with van der Waals surface area (Å²) in [5.41, 5.74) is 0.511. The molecule has 9 heteroatoms. The van der Waals surface area contributed by atoms with Crippen molar-refractivity contribution in [1.29, 1.82) is 0 Å². The quantitative estimate of drug-likeness (QED) is 0.347. The minimum absolute atomic E-state index is 0.0875. The van der Waals surface area contributed by atoms with Crippen LogP contribution in [0.25, 0.3) is 0 Å². The van der Waals surface area contributed by atoms with E-state index in [1.54, 1.807) is 6.07 Å². The number of guanidine groups is 1. The van der Waals surface area contributed by atoms with Crippen LogP contribution in [0.1, 0.15) is 25.3 Å². The van der Waals surface area contributed by atoms with Crippen LogP contribution in [0.15, 0.2) is 23.2 Å². The minimum Gasteiger partial charge on any atom is -0.434 e. The SMILES string of the molecule is CCNC(=NCc1cc(Cl)ccc1OC(F)F)NCCCCN1CCOCC1. The molecule has 158 valence electrons. The Morgan fingerprint density at radius 3 is 2.79 bits per heavy atom. The van der Waals surface area contributed by atoms with Gasteiger partial charge in [0.25, 0.3) is 0 Å². The maximum absolute atomic E-state index is 12.6. The summed E-state index contributed by atoms with van der Waals surface area (Å²) in [5.74, 6) is 0.723. The molecule has 6 nitrogen and oxygen atoms in total. The van der Waals surface area contributed by atoms with E-state index in [1.165, 1.54) is 12.1 Å². The predicted molar refractivity (Wildman–Crippen MR) is 107 cm³/mol. The van der Waals surface area contributed by atoms with Gasteiger partial charge in [0.2, 0.25) is 0 Å². The van der Waals surface area contributed by atoms with Crippen molar-refractivity contribution in [2.24, 2.45) is 4.99 Å². The molecule has 2 rings (SSSR count). The first kappa shape index (κ1) is 22.6. The number of benzene rings is 1. The largest absolute Gasteiger partial charge is 0.434 e. The second kappa shape index (κ2) is 12.7. The molecule has 1 aliphatic rings. The summed E-state index contributed by atoms with van der Waals surface area (Å²) in [7, 11) is 0. The summed E-state index contributed by atoms with van der Waals surface area (Å²) in [6.45, 7) is 5.46. The molecule has 0 spiro atoms. The van der Waals surface area contributed by atoms with Gasteiger partial charge in [-0.3, -0.25) is 4.90 Å². The van der Waals surface area contributed by atoms with Crippen LogP contribution in [-0.2, 0) is 11.3 Å². The molecular weight excluding hydrogens is 390 g/mol. The third-order valence-electron chi connectivity index (χ3n) is 4.29. The first-order chi connectivity index (χ1) is 13.6. The molecule has 0 unspecified atom stereocenters. The maximum Gasteiger partial charge on any atom is 0.387 e. The summed E-state index contributed by atoms with van der Waals surface area (Å²) < 4.78 is 35.0. The standard InChI is InChI=1S/C19H29ClF2N4O2/c1-2-23-19(24-7-3-4-8-26-9-11-27-12-10-26)25-14-15-13-16(20)5-6-17(15)28-18(21)22/h5-6,13,18H,2-4,7-12,14H2,1H3,(H2,23,24,25). The van der Waals surface area contributed by atoms with Gasteiger partial charge in [0.15, 0.2) is 5.96 Å².